The smallest absolute Gasteiger partial charge is 0.335 e. The molecule has 0 fully saturated rings. The molecule has 2 N–H and O–H groups in total. The molecule has 0 atom stereocenters. The zero-order chi connectivity index (χ0) is 21.1. The second kappa shape index (κ2) is 8.05. The van der Waals surface area contributed by atoms with E-state index in [0.29, 0.717) is 22.6 Å². The summed E-state index contributed by atoms with van der Waals surface area (Å²) in [5.74, 6) is -0.193. The zero-order valence-electron chi connectivity index (χ0n) is 16.1. The number of rotatable bonds is 5. The van der Waals surface area contributed by atoms with Gasteiger partial charge in [-0.25, -0.2) is 9.78 Å². The summed E-state index contributed by atoms with van der Waals surface area (Å²) in [6, 6.07) is 22.8. The number of anilines is 1. The van der Waals surface area contributed by atoms with Gasteiger partial charge in [0.25, 0.3) is 5.91 Å². The van der Waals surface area contributed by atoms with E-state index < -0.39 is 5.97 Å². The van der Waals surface area contributed by atoms with Crippen molar-refractivity contribution in [1.29, 1.82) is 0 Å². The highest BCUT2D eigenvalue weighted by Crippen LogP contribution is 2.29. The molecule has 4 rings (SSSR count). The number of hydrogen-bond acceptors (Lipinski definition) is 4. The van der Waals surface area contributed by atoms with Gasteiger partial charge in [0.05, 0.1) is 18.2 Å². The van der Waals surface area contributed by atoms with Crippen molar-refractivity contribution in [3.05, 3.63) is 90.0 Å². The Hall–Kier alpha value is -4.19. The van der Waals surface area contributed by atoms with Gasteiger partial charge in [0.1, 0.15) is 11.6 Å². The molecule has 148 valence electrons. The topological polar surface area (TPSA) is 88.5 Å². The minimum Gasteiger partial charge on any atom is -0.497 e. The minimum atomic E-state index is -0.988. The first-order chi connectivity index (χ1) is 14.5. The van der Waals surface area contributed by atoms with Crippen LogP contribution < -0.4 is 10.1 Å². The van der Waals surface area contributed by atoms with E-state index in [4.69, 9.17) is 4.74 Å². The number of fused-ring (bicyclic) bond motifs is 1. The highest BCUT2D eigenvalue weighted by Gasteiger charge is 2.11. The predicted octanol–water partition coefficient (Wildman–Crippen LogP) is 4.86. The zero-order valence-corrected chi connectivity index (χ0v) is 16.1. The summed E-state index contributed by atoms with van der Waals surface area (Å²) in [5.41, 5.74) is 2.89. The van der Waals surface area contributed by atoms with Crippen LogP contribution in [0.5, 0.6) is 5.75 Å². The fraction of sp³-hybridized carbons (Fsp3) is 0.0417. The lowest BCUT2D eigenvalue weighted by molar-refractivity contribution is 0.0696. The highest BCUT2D eigenvalue weighted by molar-refractivity contribution is 6.05. The molecule has 1 heterocycles. The third kappa shape index (κ3) is 3.84. The van der Waals surface area contributed by atoms with Crippen LogP contribution in [-0.2, 0) is 0 Å². The minimum absolute atomic E-state index is 0.202. The second-order valence-electron chi connectivity index (χ2n) is 6.64. The van der Waals surface area contributed by atoms with Crippen molar-refractivity contribution in [2.45, 2.75) is 0 Å². The van der Waals surface area contributed by atoms with Crippen molar-refractivity contribution in [3.8, 4) is 16.9 Å². The standard InChI is InChI=1S/C24H18N2O4/c1-30-19-11-8-16(9-12-19)23(27)26-21-13-10-15-4-3-7-20(22(15)25-21)17-5-2-6-18(14-17)24(28)29/h2-14H,1H3,(H,28,29)(H,25,26,27). The summed E-state index contributed by atoms with van der Waals surface area (Å²) >= 11 is 0. The molecule has 1 amide bonds. The van der Waals surface area contributed by atoms with Gasteiger partial charge in [-0.1, -0.05) is 30.3 Å². The summed E-state index contributed by atoms with van der Waals surface area (Å²) in [6.45, 7) is 0. The number of hydrogen-bond donors (Lipinski definition) is 2. The van der Waals surface area contributed by atoms with Gasteiger partial charge in [0.2, 0.25) is 0 Å². The second-order valence-corrected chi connectivity index (χ2v) is 6.64. The van der Waals surface area contributed by atoms with E-state index in [0.717, 1.165) is 16.5 Å². The first-order valence-corrected chi connectivity index (χ1v) is 9.24. The van der Waals surface area contributed by atoms with Gasteiger partial charge in [0, 0.05) is 16.5 Å². The molecule has 3 aromatic carbocycles. The number of nitrogens with one attached hydrogen (secondary N) is 1. The van der Waals surface area contributed by atoms with Crippen LogP contribution in [0.25, 0.3) is 22.0 Å². The number of para-hydroxylation sites is 1. The van der Waals surface area contributed by atoms with Crippen LogP contribution in [0, 0.1) is 0 Å². The van der Waals surface area contributed by atoms with E-state index in [1.165, 1.54) is 0 Å². The molecule has 30 heavy (non-hydrogen) atoms. The molecule has 4 aromatic rings. The third-order valence-electron chi connectivity index (χ3n) is 4.73. The number of nitrogens with zero attached hydrogens (tertiary/aromatic N) is 1. The maximum absolute atomic E-state index is 12.6. The van der Waals surface area contributed by atoms with E-state index in [1.54, 1.807) is 55.6 Å². The van der Waals surface area contributed by atoms with E-state index in [-0.39, 0.29) is 11.5 Å². The molecule has 0 aliphatic rings. The molecule has 0 saturated heterocycles. The van der Waals surface area contributed by atoms with Gasteiger partial charge in [-0.15, -0.1) is 0 Å². The first-order valence-electron chi connectivity index (χ1n) is 9.24. The number of amides is 1. The monoisotopic (exact) mass is 398 g/mol. The van der Waals surface area contributed by atoms with Crippen LogP contribution in [0.15, 0.2) is 78.9 Å². The largest absolute Gasteiger partial charge is 0.497 e. The lowest BCUT2D eigenvalue weighted by atomic mass is 10.00. The van der Waals surface area contributed by atoms with Crippen LogP contribution in [0.3, 0.4) is 0 Å². The fourth-order valence-corrected chi connectivity index (χ4v) is 3.20. The summed E-state index contributed by atoms with van der Waals surface area (Å²) in [4.78, 5) is 28.5. The molecule has 0 bridgehead atoms. The van der Waals surface area contributed by atoms with Crippen molar-refractivity contribution >= 4 is 28.6 Å². The molecule has 6 heteroatoms. The van der Waals surface area contributed by atoms with E-state index in [2.05, 4.69) is 10.3 Å². The number of aromatic carboxylic acids is 1. The maximum Gasteiger partial charge on any atom is 0.335 e. The van der Waals surface area contributed by atoms with E-state index in [9.17, 15) is 14.7 Å². The Morgan fingerprint density at radius 1 is 0.900 bits per heavy atom. The lowest BCUT2D eigenvalue weighted by Crippen LogP contribution is -2.12. The summed E-state index contributed by atoms with van der Waals surface area (Å²) < 4.78 is 5.11. The molecule has 0 radical (unpaired) electrons. The van der Waals surface area contributed by atoms with Crippen molar-refractivity contribution in [3.63, 3.8) is 0 Å². The van der Waals surface area contributed by atoms with Crippen LogP contribution in [0.1, 0.15) is 20.7 Å². The number of benzene rings is 3. The van der Waals surface area contributed by atoms with Crippen molar-refractivity contribution < 1.29 is 19.4 Å². The van der Waals surface area contributed by atoms with Gasteiger partial charge in [0.15, 0.2) is 0 Å². The first kappa shape index (κ1) is 19.1. The number of carbonyl (C=O) groups excluding carboxylic acids is 1. The maximum atomic E-state index is 12.6. The number of carboxylic acid groups (broad SMARTS) is 1. The fourth-order valence-electron chi connectivity index (χ4n) is 3.20. The Labute approximate surface area is 172 Å². The number of ether oxygens (including phenoxy) is 1. The molecular formula is C24H18N2O4. The van der Waals surface area contributed by atoms with Gasteiger partial charge < -0.3 is 15.2 Å². The van der Waals surface area contributed by atoms with Crippen LogP contribution in [-0.4, -0.2) is 29.1 Å². The molecule has 0 aliphatic heterocycles. The van der Waals surface area contributed by atoms with Crippen molar-refractivity contribution in [2.24, 2.45) is 0 Å². The number of aromatic nitrogens is 1. The summed E-state index contributed by atoms with van der Waals surface area (Å²) in [5, 5.41) is 13.0. The van der Waals surface area contributed by atoms with E-state index in [1.807, 2.05) is 30.3 Å². The van der Waals surface area contributed by atoms with E-state index >= 15 is 0 Å². The van der Waals surface area contributed by atoms with Crippen LogP contribution in [0.2, 0.25) is 0 Å². The normalized spacial score (nSPS) is 10.6. The average molecular weight is 398 g/mol. The van der Waals surface area contributed by atoms with Gasteiger partial charge in [-0.3, -0.25) is 4.79 Å². The SMILES string of the molecule is COc1ccc(C(=O)Nc2ccc3cccc(-c4cccc(C(=O)O)c4)c3n2)cc1. The number of carbonyl (C=O) groups is 2. The number of pyridine rings is 1. The highest BCUT2D eigenvalue weighted by atomic mass is 16.5. The van der Waals surface area contributed by atoms with Crippen LogP contribution >= 0.6 is 0 Å². The molecule has 6 nitrogen and oxygen atoms in total. The molecule has 0 spiro atoms. The summed E-state index contributed by atoms with van der Waals surface area (Å²) in [6.07, 6.45) is 0. The lowest BCUT2D eigenvalue weighted by Gasteiger charge is -2.10. The Kier molecular flexibility index (Phi) is 5.13. The molecule has 1 aromatic heterocycles. The molecular weight excluding hydrogens is 380 g/mol. The Morgan fingerprint density at radius 2 is 1.67 bits per heavy atom. The molecule has 0 aliphatic carbocycles. The number of methoxy groups -OCH3 is 1. The Morgan fingerprint density at radius 3 is 2.40 bits per heavy atom. The predicted molar refractivity (Wildman–Crippen MR) is 115 cm³/mol. The average Bonchev–Trinajstić information content (AvgIpc) is 2.78. The quantitative estimate of drug-likeness (QED) is 0.501. The molecule has 0 saturated carbocycles. The van der Waals surface area contributed by atoms with Gasteiger partial charge >= 0.3 is 5.97 Å². The van der Waals surface area contributed by atoms with Crippen molar-refractivity contribution in [1.82, 2.24) is 4.98 Å². The Bertz CT molecular complexity index is 1250. The van der Waals surface area contributed by atoms with Crippen molar-refractivity contribution in [2.75, 3.05) is 12.4 Å². The number of carboxylic acids is 1. The Balaban J connectivity index is 1.69. The van der Waals surface area contributed by atoms with Crippen LogP contribution in [0.4, 0.5) is 5.82 Å². The third-order valence-corrected chi connectivity index (χ3v) is 4.73. The summed E-state index contributed by atoms with van der Waals surface area (Å²) in [7, 11) is 1.57. The molecule has 0 unspecified atom stereocenters. The van der Waals surface area contributed by atoms with Gasteiger partial charge in [-0.05, 0) is 54.1 Å². The van der Waals surface area contributed by atoms with Gasteiger partial charge in [-0.2, -0.15) is 0 Å².